The fourth-order valence-electron chi connectivity index (χ4n) is 3.71. The standard InChI is InChI=1S/C24H20ClN5O7S/c1-14-7-9-16(12-19(14)30(33)34)38(35,36)29(20-11-15(25)8-10-21(20)37-2)13-22(31)27-28-23-17-5-3-4-6-18(17)26-24(23)32/h3-12,26,32H,13H2,1-2H3. The second kappa shape index (κ2) is 10.5. The lowest BCUT2D eigenvalue weighted by atomic mass is 10.2. The fraction of sp³-hybridized carbons (Fsp3) is 0.125. The van der Waals surface area contributed by atoms with Gasteiger partial charge >= 0.3 is 0 Å². The van der Waals surface area contributed by atoms with Gasteiger partial charge < -0.3 is 14.8 Å². The first kappa shape index (κ1) is 26.6. The average molecular weight is 558 g/mol. The molecule has 0 spiro atoms. The smallest absolute Gasteiger partial charge is 0.285 e. The average Bonchev–Trinajstić information content (AvgIpc) is 3.20. The second-order valence-electron chi connectivity index (χ2n) is 7.99. The van der Waals surface area contributed by atoms with Crippen molar-refractivity contribution in [2.75, 3.05) is 18.0 Å². The van der Waals surface area contributed by atoms with Crippen molar-refractivity contribution in [2.24, 2.45) is 10.2 Å². The number of amides is 1. The van der Waals surface area contributed by atoms with E-state index in [1.165, 1.54) is 44.4 Å². The van der Waals surface area contributed by atoms with Crippen molar-refractivity contribution in [1.29, 1.82) is 0 Å². The number of nitro groups is 1. The van der Waals surface area contributed by atoms with Crippen molar-refractivity contribution in [3.63, 3.8) is 0 Å². The van der Waals surface area contributed by atoms with Crippen molar-refractivity contribution in [3.8, 4) is 11.6 Å². The third-order valence-electron chi connectivity index (χ3n) is 5.57. The number of ether oxygens (including phenoxy) is 1. The van der Waals surface area contributed by atoms with Crippen LogP contribution in [0.5, 0.6) is 11.6 Å². The van der Waals surface area contributed by atoms with Crippen molar-refractivity contribution in [3.05, 3.63) is 81.4 Å². The van der Waals surface area contributed by atoms with Gasteiger partial charge in [0.15, 0.2) is 5.69 Å². The molecule has 0 fully saturated rings. The summed E-state index contributed by atoms with van der Waals surface area (Å²) in [5.41, 5.74) is 0.300. The maximum Gasteiger partial charge on any atom is 0.285 e. The van der Waals surface area contributed by atoms with E-state index in [2.05, 4.69) is 15.2 Å². The van der Waals surface area contributed by atoms with Crippen molar-refractivity contribution >= 4 is 55.5 Å². The number of carbonyl (C=O) groups excluding carboxylic acids is 1. The molecule has 1 amide bonds. The Morgan fingerprint density at radius 2 is 1.92 bits per heavy atom. The van der Waals surface area contributed by atoms with Gasteiger partial charge in [-0.15, -0.1) is 10.2 Å². The number of nitro benzene ring substituents is 1. The first-order valence-electron chi connectivity index (χ1n) is 10.9. The molecule has 0 atom stereocenters. The molecule has 1 heterocycles. The third-order valence-corrected chi connectivity index (χ3v) is 7.57. The summed E-state index contributed by atoms with van der Waals surface area (Å²) in [6.07, 6.45) is 0. The zero-order valence-electron chi connectivity index (χ0n) is 20.0. The number of carbonyl (C=O) groups is 1. The molecule has 0 saturated heterocycles. The van der Waals surface area contributed by atoms with Gasteiger partial charge in [-0.2, -0.15) is 0 Å². The van der Waals surface area contributed by atoms with Crippen LogP contribution in [0.2, 0.25) is 5.02 Å². The van der Waals surface area contributed by atoms with E-state index in [9.17, 15) is 28.4 Å². The number of fused-ring (bicyclic) bond motifs is 1. The number of aromatic nitrogens is 1. The van der Waals surface area contributed by atoms with E-state index in [1.807, 2.05) is 0 Å². The number of methoxy groups -OCH3 is 1. The number of anilines is 1. The first-order chi connectivity index (χ1) is 18.0. The third kappa shape index (κ3) is 5.14. The molecule has 3 aromatic carbocycles. The van der Waals surface area contributed by atoms with Crippen LogP contribution in [-0.4, -0.2) is 43.0 Å². The molecule has 14 heteroatoms. The molecule has 12 nitrogen and oxygen atoms in total. The molecule has 0 saturated carbocycles. The number of aromatic amines is 1. The molecule has 0 bridgehead atoms. The number of hydrogen-bond donors (Lipinski definition) is 2. The Bertz CT molecular complexity index is 1700. The van der Waals surface area contributed by atoms with Crippen LogP contribution in [0, 0.1) is 17.0 Å². The van der Waals surface area contributed by atoms with Gasteiger partial charge in [-0.1, -0.05) is 35.9 Å². The highest BCUT2D eigenvalue weighted by Gasteiger charge is 2.31. The number of aryl methyl sites for hydroxylation is 1. The first-order valence-corrected chi connectivity index (χ1v) is 12.7. The van der Waals surface area contributed by atoms with Crippen LogP contribution in [0.3, 0.4) is 0 Å². The van der Waals surface area contributed by atoms with E-state index in [4.69, 9.17) is 16.3 Å². The van der Waals surface area contributed by atoms with Crippen LogP contribution >= 0.6 is 11.6 Å². The quantitative estimate of drug-likeness (QED) is 0.169. The Balaban J connectivity index is 1.78. The molecule has 4 aromatic rings. The van der Waals surface area contributed by atoms with E-state index >= 15 is 0 Å². The number of nitrogens with one attached hydrogen (secondary N) is 1. The zero-order chi connectivity index (χ0) is 27.6. The molecule has 0 aliphatic rings. The Hall–Kier alpha value is -4.49. The summed E-state index contributed by atoms with van der Waals surface area (Å²) < 4.78 is 33.4. The summed E-state index contributed by atoms with van der Waals surface area (Å²) in [5.74, 6) is -1.25. The number of nitrogens with zero attached hydrogens (tertiary/aromatic N) is 4. The van der Waals surface area contributed by atoms with Crippen LogP contribution in [0.1, 0.15) is 5.56 Å². The zero-order valence-corrected chi connectivity index (χ0v) is 21.5. The number of azo groups is 1. The Morgan fingerprint density at radius 1 is 1.18 bits per heavy atom. The molecule has 0 aliphatic carbocycles. The number of rotatable bonds is 8. The van der Waals surface area contributed by atoms with Crippen LogP contribution in [0.15, 0.2) is 75.8 Å². The van der Waals surface area contributed by atoms with E-state index in [0.29, 0.717) is 15.2 Å². The SMILES string of the molecule is COc1ccc(Cl)cc1N(CC(=O)N=Nc1c(O)[nH]c2ccccc12)S(=O)(=O)c1ccc(C)c([N+](=O)[O-])c1. The van der Waals surface area contributed by atoms with Gasteiger partial charge in [0.05, 0.1) is 28.1 Å². The van der Waals surface area contributed by atoms with Crippen LogP contribution in [0.25, 0.3) is 10.9 Å². The number of para-hydroxylation sites is 1. The van der Waals surface area contributed by atoms with Crippen LogP contribution in [0.4, 0.5) is 17.1 Å². The largest absolute Gasteiger partial charge is 0.495 e. The van der Waals surface area contributed by atoms with Gasteiger partial charge in [0.1, 0.15) is 12.3 Å². The Labute approximate surface area is 221 Å². The number of hydrogen-bond acceptors (Lipinski definition) is 8. The van der Waals surface area contributed by atoms with Gasteiger partial charge in [0.2, 0.25) is 5.88 Å². The predicted octanol–water partition coefficient (Wildman–Crippen LogP) is 5.26. The lowest BCUT2D eigenvalue weighted by Crippen LogP contribution is -2.35. The molecule has 0 unspecified atom stereocenters. The minimum absolute atomic E-state index is 0.00199. The van der Waals surface area contributed by atoms with Gasteiger partial charge in [-0.3, -0.25) is 19.2 Å². The monoisotopic (exact) mass is 557 g/mol. The number of aromatic hydroxyl groups is 1. The predicted molar refractivity (Wildman–Crippen MR) is 140 cm³/mol. The van der Waals surface area contributed by atoms with Crippen molar-refractivity contribution in [2.45, 2.75) is 11.8 Å². The molecular formula is C24H20ClN5O7S. The van der Waals surface area contributed by atoms with Gasteiger partial charge in [-0.25, -0.2) is 8.42 Å². The summed E-state index contributed by atoms with van der Waals surface area (Å²) in [5, 5.41) is 29.7. The lowest BCUT2D eigenvalue weighted by molar-refractivity contribution is -0.385. The van der Waals surface area contributed by atoms with E-state index in [0.717, 1.165) is 6.07 Å². The molecule has 38 heavy (non-hydrogen) atoms. The lowest BCUT2D eigenvalue weighted by Gasteiger charge is -2.25. The van der Waals surface area contributed by atoms with Crippen molar-refractivity contribution < 1.29 is 28.0 Å². The maximum absolute atomic E-state index is 13.7. The molecule has 0 aliphatic heterocycles. The highest BCUT2D eigenvalue weighted by atomic mass is 35.5. The van der Waals surface area contributed by atoms with Gasteiger partial charge in [0, 0.05) is 22.0 Å². The van der Waals surface area contributed by atoms with Gasteiger partial charge in [-0.05, 0) is 37.3 Å². The summed E-state index contributed by atoms with van der Waals surface area (Å²) in [6, 6.07) is 14.3. The molecular weight excluding hydrogens is 538 g/mol. The highest BCUT2D eigenvalue weighted by molar-refractivity contribution is 7.92. The minimum Gasteiger partial charge on any atom is -0.495 e. The molecule has 0 radical (unpaired) electrons. The summed E-state index contributed by atoms with van der Waals surface area (Å²) in [7, 11) is -3.27. The molecule has 1 aromatic heterocycles. The number of halogens is 1. The highest BCUT2D eigenvalue weighted by Crippen LogP contribution is 2.37. The topological polar surface area (TPSA) is 168 Å². The van der Waals surface area contributed by atoms with E-state index in [-0.39, 0.29) is 33.6 Å². The molecule has 196 valence electrons. The second-order valence-corrected chi connectivity index (χ2v) is 10.3. The maximum atomic E-state index is 13.7. The Morgan fingerprint density at radius 3 is 2.63 bits per heavy atom. The van der Waals surface area contributed by atoms with Crippen molar-refractivity contribution in [1.82, 2.24) is 4.98 Å². The summed E-state index contributed by atoms with van der Waals surface area (Å²) in [4.78, 5) is 25.9. The summed E-state index contributed by atoms with van der Waals surface area (Å²) in [6.45, 7) is 0.615. The fourth-order valence-corrected chi connectivity index (χ4v) is 5.31. The number of benzene rings is 3. The van der Waals surface area contributed by atoms with Crippen LogP contribution in [-0.2, 0) is 14.8 Å². The van der Waals surface area contributed by atoms with E-state index < -0.39 is 38.0 Å². The summed E-state index contributed by atoms with van der Waals surface area (Å²) >= 11 is 6.12. The normalized spacial score (nSPS) is 11.7. The molecule has 4 rings (SSSR count). The van der Waals surface area contributed by atoms with Crippen LogP contribution < -0.4 is 9.04 Å². The van der Waals surface area contributed by atoms with E-state index in [1.54, 1.807) is 24.3 Å². The molecule has 2 N–H and O–H groups in total. The minimum atomic E-state index is -4.57. The van der Waals surface area contributed by atoms with Gasteiger partial charge in [0.25, 0.3) is 21.6 Å². The Kier molecular flexibility index (Phi) is 7.32. The number of H-pyrrole nitrogens is 1. The number of sulfonamides is 1.